The lowest BCUT2D eigenvalue weighted by Crippen LogP contribution is -2.41. The van der Waals surface area contributed by atoms with Crippen molar-refractivity contribution in [3.8, 4) is 5.75 Å². The van der Waals surface area contributed by atoms with Gasteiger partial charge in [-0.1, -0.05) is 12.1 Å². The molecular weight excluding hydrogens is 495 g/mol. The molecule has 0 aromatic heterocycles. The van der Waals surface area contributed by atoms with Crippen LogP contribution in [0.15, 0.2) is 18.2 Å². The minimum absolute atomic E-state index is 0.384. The zero-order chi connectivity index (χ0) is 27.7. The largest absolute Gasteiger partial charge is 0.498 e. The van der Waals surface area contributed by atoms with Crippen LogP contribution in [0.2, 0.25) is 0 Å². The van der Waals surface area contributed by atoms with Crippen LogP contribution in [0.4, 0.5) is 0 Å². The monoisotopic (exact) mass is 542 g/mol. The minimum atomic E-state index is -0.528. The molecule has 11 heteroatoms. The molecule has 2 rings (SSSR count). The Morgan fingerprint density at radius 1 is 0.605 bits per heavy atom. The Bertz CT molecular complexity index is 745. The van der Waals surface area contributed by atoms with Gasteiger partial charge in [0.25, 0.3) is 0 Å². The van der Waals surface area contributed by atoms with E-state index in [1.165, 1.54) is 0 Å². The van der Waals surface area contributed by atoms with Gasteiger partial charge in [-0.2, -0.15) is 0 Å². The zero-order valence-electron chi connectivity index (χ0n) is 24.1. The number of hydrogen-bond donors (Lipinski definition) is 0. The summed E-state index contributed by atoms with van der Waals surface area (Å²) in [5.74, 6) is 0.689. The minimum Gasteiger partial charge on any atom is -0.492 e. The fraction of sp³-hybridized carbons (Fsp3) is 0.778. The summed E-state index contributed by atoms with van der Waals surface area (Å²) in [5.41, 5.74) is 0.928. The molecule has 0 N–H and O–H groups in total. The molecule has 10 nitrogen and oxygen atoms in total. The molecule has 1 aliphatic rings. The SMILES string of the molecule is COCCOCCOCCOCc1ccc(B2OC(C)(C)C(C)(C)O2)c(OCCOCCOCCOC)c1. The summed E-state index contributed by atoms with van der Waals surface area (Å²) < 4.78 is 56.3. The van der Waals surface area contributed by atoms with E-state index in [0.29, 0.717) is 91.6 Å². The van der Waals surface area contributed by atoms with E-state index in [4.69, 9.17) is 47.2 Å². The molecule has 0 saturated carbocycles. The van der Waals surface area contributed by atoms with Gasteiger partial charge in [0.15, 0.2) is 0 Å². The van der Waals surface area contributed by atoms with Crippen LogP contribution in [-0.2, 0) is 49.1 Å². The molecule has 0 radical (unpaired) electrons. The Morgan fingerprint density at radius 3 is 1.55 bits per heavy atom. The first-order valence-electron chi connectivity index (χ1n) is 13.3. The molecule has 0 unspecified atom stereocenters. The van der Waals surface area contributed by atoms with Crippen molar-refractivity contribution in [3.63, 3.8) is 0 Å². The molecule has 1 aromatic rings. The molecule has 0 aliphatic carbocycles. The van der Waals surface area contributed by atoms with Crippen LogP contribution in [0.25, 0.3) is 0 Å². The van der Waals surface area contributed by atoms with Crippen molar-refractivity contribution in [1.29, 1.82) is 0 Å². The van der Waals surface area contributed by atoms with Crippen molar-refractivity contribution in [2.45, 2.75) is 45.5 Å². The van der Waals surface area contributed by atoms with Gasteiger partial charge >= 0.3 is 7.12 Å². The zero-order valence-corrected chi connectivity index (χ0v) is 24.1. The second-order valence-corrected chi connectivity index (χ2v) is 9.80. The lowest BCUT2D eigenvalue weighted by atomic mass is 9.78. The van der Waals surface area contributed by atoms with E-state index in [0.717, 1.165) is 11.0 Å². The first kappa shape index (κ1) is 32.9. The van der Waals surface area contributed by atoms with E-state index in [2.05, 4.69) is 0 Å². The van der Waals surface area contributed by atoms with E-state index < -0.39 is 18.3 Å². The molecule has 1 aromatic carbocycles. The summed E-state index contributed by atoms with van der Waals surface area (Å²) in [7, 11) is 2.77. The van der Waals surface area contributed by atoms with Crippen LogP contribution in [0.1, 0.15) is 33.3 Å². The predicted molar refractivity (Wildman–Crippen MR) is 144 cm³/mol. The number of rotatable bonds is 22. The maximum Gasteiger partial charge on any atom is 0.498 e. The van der Waals surface area contributed by atoms with Crippen LogP contribution in [0, 0.1) is 0 Å². The number of benzene rings is 1. The van der Waals surface area contributed by atoms with E-state index >= 15 is 0 Å². The summed E-state index contributed by atoms with van der Waals surface area (Å²) in [5, 5.41) is 0. The van der Waals surface area contributed by atoms with Crippen molar-refractivity contribution in [1.82, 2.24) is 0 Å². The molecule has 1 fully saturated rings. The van der Waals surface area contributed by atoms with Crippen molar-refractivity contribution < 1.29 is 47.2 Å². The molecular formula is C27H47BO10. The highest BCUT2D eigenvalue weighted by molar-refractivity contribution is 6.63. The van der Waals surface area contributed by atoms with Gasteiger partial charge in [-0.25, -0.2) is 0 Å². The molecule has 0 bridgehead atoms. The summed E-state index contributed by atoms with van der Waals surface area (Å²) in [4.78, 5) is 0. The Morgan fingerprint density at radius 2 is 1.05 bits per heavy atom. The summed E-state index contributed by atoms with van der Waals surface area (Å²) >= 11 is 0. The molecule has 1 heterocycles. The molecule has 0 atom stereocenters. The van der Waals surface area contributed by atoms with Crippen molar-refractivity contribution in [2.24, 2.45) is 0 Å². The molecule has 0 amide bonds. The summed E-state index contributed by atoms with van der Waals surface area (Å²) in [6.07, 6.45) is 0. The van der Waals surface area contributed by atoms with Gasteiger partial charge in [0.2, 0.25) is 0 Å². The van der Waals surface area contributed by atoms with Gasteiger partial charge in [0, 0.05) is 19.7 Å². The van der Waals surface area contributed by atoms with Crippen LogP contribution >= 0.6 is 0 Å². The highest BCUT2D eigenvalue weighted by atomic mass is 16.7. The number of hydrogen-bond acceptors (Lipinski definition) is 10. The molecule has 1 aliphatic heterocycles. The average Bonchev–Trinajstić information content (AvgIpc) is 3.10. The first-order chi connectivity index (χ1) is 18.3. The maximum atomic E-state index is 6.26. The van der Waals surface area contributed by atoms with E-state index in [-0.39, 0.29) is 0 Å². The first-order valence-corrected chi connectivity index (χ1v) is 13.3. The predicted octanol–water partition coefficient (Wildman–Crippen LogP) is 2.24. The normalized spacial score (nSPS) is 16.3. The lowest BCUT2D eigenvalue weighted by molar-refractivity contribution is 0.000835. The van der Waals surface area contributed by atoms with E-state index in [9.17, 15) is 0 Å². The Kier molecular flexibility index (Phi) is 15.7. The topological polar surface area (TPSA) is 92.3 Å². The number of ether oxygens (including phenoxy) is 8. The van der Waals surface area contributed by atoms with Crippen molar-refractivity contribution in [3.05, 3.63) is 23.8 Å². The van der Waals surface area contributed by atoms with Gasteiger partial charge in [-0.05, 0) is 39.3 Å². The Hall–Kier alpha value is -1.28. The molecule has 38 heavy (non-hydrogen) atoms. The second-order valence-electron chi connectivity index (χ2n) is 9.80. The molecule has 1 saturated heterocycles. The molecule has 0 spiro atoms. The van der Waals surface area contributed by atoms with E-state index in [1.54, 1.807) is 14.2 Å². The van der Waals surface area contributed by atoms with Crippen molar-refractivity contribution in [2.75, 3.05) is 93.5 Å². The van der Waals surface area contributed by atoms with Crippen LogP contribution in [0.3, 0.4) is 0 Å². The third-order valence-corrected chi connectivity index (χ3v) is 6.32. The highest BCUT2D eigenvalue weighted by Gasteiger charge is 2.52. The highest BCUT2D eigenvalue weighted by Crippen LogP contribution is 2.37. The van der Waals surface area contributed by atoms with Gasteiger partial charge in [0.05, 0.1) is 90.5 Å². The van der Waals surface area contributed by atoms with Gasteiger partial charge < -0.3 is 47.2 Å². The van der Waals surface area contributed by atoms with Gasteiger partial charge in [-0.15, -0.1) is 0 Å². The Balaban J connectivity index is 1.83. The third kappa shape index (κ3) is 11.9. The second kappa shape index (κ2) is 18.1. The van der Waals surface area contributed by atoms with E-state index in [1.807, 2.05) is 45.9 Å². The summed E-state index contributed by atoms with van der Waals surface area (Å²) in [6, 6.07) is 5.96. The van der Waals surface area contributed by atoms with Crippen LogP contribution in [0.5, 0.6) is 5.75 Å². The van der Waals surface area contributed by atoms with Crippen LogP contribution < -0.4 is 10.2 Å². The van der Waals surface area contributed by atoms with Gasteiger partial charge in [-0.3, -0.25) is 0 Å². The summed E-state index contributed by atoms with van der Waals surface area (Å²) in [6.45, 7) is 14.7. The average molecular weight is 542 g/mol. The maximum absolute atomic E-state index is 6.26. The van der Waals surface area contributed by atoms with Crippen LogP contribution in [-0.4, -0.2) is 112 Å². The fourth-order valence-electron chi connectivity index (χ4n) is 3.41. The smallest absolute Gasteiger partial charge is 0.492 e. The third-order valence-electron chi connectivity index (χ3n) is 6.32. The van der Waals surface area contributed by atoms with Gasteiger partial charge in [0.1, 0.15) is 12.4 Å². The van der Waals surface area contributed by atoms with Crippen molar-refractivity contribution >= 4 is 12.6 Å². The fourth-order valence-corrected chi connectivity index (χ4v) is 3.41. The Labute approximate surface area is 228 Å². The lowest BCUT2D eigenvalue weighted by Gasteiger charge is -2.32. The number of methoxy groups -OCH3 is 2. The molecule has 218 valence electrons. The standard InChI is InChI=1S/C27H47BO10/c1-26(2)27(3,4)38-28(37-26)24-8-7-23(22-35-18-17-33-15-13-31-11-9-29-5)21-25(24)36-20-19-34-16-14-32-12-10-30-6/h7-8,21H,9-20,22H2,1-6H3. The quantitative estimate of drug-likeness (QED) is 0.161.